The van der Waals surface area contributed by atoms with Gasteiger partial charge >= 0.3 is 0 Å². The Hall–Kier alpha value is -1.04. The number of hydrogen-bond donors (Lipinski definition) is 1. The highest BCUT2D eigenvalue weighted by atomic mass is 32.2. The number of nitrogens with zero attached hydrogens (tertiary/aromatic N) is 1. The Bertz CT molecular complexity index is 506. The van der Waals surface area contributed by atoms with Crippen molar-refractivity contribution in [2.24, 2.45) is 4.99 Å². The van der Waals surface area contributed by atoms with Gasteiger partial charge in [-0.05, 0) is 25.0 Å². The molecule has 0 bridgehead atoms. The van der Waals surface area contributed by atoms with Gasteiger partial charge in [-0.3, -0.25) is 4.99 Å². The Balaban J connectivity index is 1.65. The summed E-state index contributed by atoms with van der Waals surface area (Å²) in [6, 6.07) is 8.21. The summed E-state index contributed by atoms with van der Waals surface area (Å²) in [6.45, 7) is 5.78. The highest BCUT2D eigenvalue weighted by molar-refractivity contribution is 8.14. The number of amidine groups is 1. The maximum Gasteiger partial charge on any atom is 0.184 e. The molecule has 0 radical (unpaired) electrons. The lowest BCUT2D eigenvalue weighted by Gasteiger charge is -2.20. The Morgan fingerprint density at radius 2 is 1.86 bits per heavy atom. The average Bonchev–Trinajstić information content (AvgIpc) is 3.18. The number of aliphatic imine (C=N–C) groups is 1. The standard InChI is InChI=1S/C16H22N2O2S/c1-3-16(4-2)11-21-15(18-16)17-13-7-5-12(6-8-13)14-19-9-10-20-14/h5-8,14H,3-4,9-11H2,1-2H3,(H,17,18). The molecule has 21 heavy (non-hydrogen) atoms. The second-order valence-corrected chi connectivity index (χ2v) is 6.42. The summed E-state index contributed by atoms with van der Waals surface area (Å²) in [4.78, 5) is 4.87. The quantitative estimate of drug-likeness (QED) is 0.918. The van der Waals surface area contributed by atoms with E-state index in [-0.39, 0.29) is 11.8 Å². The zero-order valence-electron chi connectivity index (χ0n) is 12.6. The molecule has 2 heterocycles. The smallest absolute Gasteiger partial charge is 0.184 e. The number of ether oxygens (including phenoxy) is 2. The number of rotatable bonds is 4. The normalized spacial score (nSPS) is 21.5. The molecule has 1 saturated heterocycles. The molecule has 0 atom stereocenters. The van der Waals surface area contributed by atoms with Gasteiger partial charge in [0.2, 0.25) is 0 Å². The van der Waals surface area contributed by atoms with Crippen molar-refractivity contribution in [2.75, 3.05) is 24.3 Å². The summed E-state index contributed by atoms with van der Waals surface area (Å²) in [5.74, 6) is 1.07. The molecule has 0 saturated carbocycles. The van der Waals surface area contributed by atoms with Crippen LogP contribution in [-0.2, 0) is 9.47 Å². The molecule has 1 aromatic rings. The van der Waals surface area contributed by atoms with Crippen molar-refractivity contribution in [3.8, 4) is 0 Å². The number of anilines is 1. The van der Waals surface area contributed by atoms with Crippen LogP contribution in [0.1, 0.15) is 38.5 Å². The fourth-order valence-corrected chi connectivity index (χ4v) is 3.88. The predicted octanol–water partition coefficient (Wildman–Crippen LogP) is 3.81. The van der Waals surface area contributed by atoms with Gasteiger partial charge in [-0.15, -0.1) is 0 Å². The van der Waals surface area contributed by atoms with Crippen LogP contribution in [0.25, 0.3) is 0 Å². The van der Waals surface area contributed by atoms with Crippen LogP contribution in [0.5, 0.6) is 0 Å². The van der Waals surface area contributed by atoms with E-state index in [4.69, 9.17) is 14.5 Å². The zero-order valence-corrected chi connectivity index (χ0v) is 13.4. The van der Waals surface area contributed by atoms with Crippen LogP contribution in [0, 0.1) is 0 Å². The number of benzene rings is 1. The summed E-state index contributed by atoms with van der Waals surface area (Å²) in [6.07, 6.45) is 1.98. The lowest BCUT2D eigenvalue weighted by molar-refractivity contribution is -0.0441. The third-order valence-corrected chi connectivity index (χ3v) is 5.34. The first-order chi connectivity index (χ1) is 10.2. The first kappa shape index (κ1) is 14.9. The van der Waals surface area contributed by atoms with E-state index in [2.05, 4.69) is 31.3 Å². The van der Waals surface area contributed by atoms with Gasteiger partial charge in [-0.25, -0.2) is 0 Å². The zero-order chi connectivity index (χ0) is 14.7. The minimum absolute atomic E-state index is 0.123. The van der Waals surface area contributed by atoms with Crippen molar-refractivity contribution in [2.45, 2.75) is 38.5 Å². The minimum atomic E-state index is -0.204. The Morgan fingerprint density at radius 3 is 2.43 bits per heavy atom. The van der Waals surface area contributed by atoms with Gasteiger partial charge in [-0.2, -0.15) is 0 Å². The van der Waals surface area contributed by atoms with E-state index in [0.29, 0.717) is 13.2 Å². The third kappa shape index (κ3) is 3.25. The van der Waals surface area contributed by atoms with Gasteiger partial charge in [0.15, 0.2) is 11.5 Å². The molecule has 2 aliphatic heterocycles. The molecule has 0 aliphatic carbocycles. The van der Waals surface area contributed by atoms with E-state index in [1.54, 1.807) is 0 Å². The van der Waals surface area contributed by atoms with Crippen LogP contribution in [-0.4, -0.2) is 29.7 Å². The van der Waals surface area contributed by atoms with Crippen molar-refractivity contribution in [1.82, 2.24) is 0 Å². The monoisotopic (exact) mass is 306 g/mol. The van der Waals surface area contributed by atoms with Crippen LogP contribution in [0.4, 0.5) is 5.69 Å². The number of nitrogens with one attached hydrogen (secondary N) is 1. The largest absolute Gasteiger partial charge is 0.346 e. The fraction of sp³-hybridized carbons (Fsp3) is 0.562. The first-order valence-corrected chi connectivity index (χ1v) is 8.56. The summed E-state index contributed by atoms with van der Waals surface area (Å²) in [5.41, 5.74) is 2.25. The second-order valence-electron chi connectivity index (χ2n) is 5.46. The maximum absolute atomic E-state index is 5.50. The van der Waals surface area contributed by atoms with Crippen molar-refractivity contribution < 1.29 is 9.47 Å². The molecule has 3 rings (SSSR count). The van der Waals surface area contributed by atoms with Crippen LogP contribution in [0.2, 0.25) is 0 Å². The average molecular weight is 306 g/mol. The van der Waals surface area contributed by atoms with Crippen LogP contribution < -0.4 is 5.32 Å². The topological polar surface area (TPSA) is 42.8 Å². The lowest BCUT2D eigenvalue weighted by atomic mass is 9.97. The van der Waals surface area contributed by atoms with Crippen molar-refractivity contribution in [1.29, 1.82) is 0 Å². The molecular formula is C16H22N2O2S. The second kappa shape index (κ2) is 6.38. The van der Waals surface area contributed by atoms with E-state index in [9.17, 15) is 0 Å². The Kier molecular flexibility index (Phi) is 4.52. The highest BCUT2D eigenvalue weighted by Crippen LogP contribution is 2.34. The molecule has 114 valence electrons. The summed E-state index contributed by atoms with van der Waals surface area (Å²) in [5, 5.41) is 4.44. The fourth-order valence-electron chi connectivity index (χ4n) is 2.56. The van der Waals surface area contributed by atoms with E-state index in [0.717, 1.165) is 35.0 Å². The maximum atomic E-state index is 5.50. The molecule has 1 aromatic carbocycles. The van der Waals surface area contributed by atoms with Crippen molar-refractivity contribution >= 4 is 22.6 Å². The van der Waals surface area contributed by atoms with Gasteiger partial charge in [0.1, 0.15) is 0 Å². The van der Waals surface area contributed by atoms with E-state index >= 15 is 0 Å². The number of hydrogen-bond acceptors (Lipinski definition) is 5. The Morgan fingerprint density at radius 1 is 1.19 bits per heavy atom. The van der Waals surface area contributed by atoms with Gasteiger partial charge in [0.05, 0.1) is 18.8 Å². The number of thioether (sulfide) groups is 1. The molecule has 5 heteroatoms. The molecule has 4 nitrogen and oxygen atoms in total. The molecular weight excluding hydrogens is 284 g/mol. The third-order valence-electron chi connectivity index (χ3n) is 4.19. The molecule has 0 aromatic heterocycles. The minimum Gasteiger partial charge on any atom is -0.346 e. The molecule has 0 unspecified atom stereocenters. The van der Waals surface area contributed by atoms with Crippen molar-refractivity contribution in [3.63, 3.8) is 0 Å². The summed E-state index contributed by atoms with van der Waals surface area (Å²) in [7, 11) is 0. The molecule has 1 N–H and O–H groups in total. The Labute approximate surface area is 130 Å². The first-order valence-electron chi connectivity index (χ1n) is 7.57. The highest BCUT2D eigenvalue weighted by Gasteiger charge is 2.32. The van der Waals surface area contributed by atoms with Crippen LogP contribution in [0.3, 0.4) is 0 Å². The van der Waals surface area contributed by atoms with Gasteiger partial charge in [0.25, 0.3) is 0 Å². The molecule has 0 amide bonds. The van der Waals surface area contributed by atoms with Crippen molar-refractivity contribution in [3.05, 3.63) is 29.8 Å². The molecule has 2 aliphatic rings. The summed E-state index contributed by atoms with van der Waals surface area (Å²) >= 11 is 1.81. The van der Waals surface area contributed by atoms with E-state index in [1.807, 2.05) is 23.9 Å². The van der Waals surface area contributed by atoms with Gasteiger partial charge < -0.3 is 14.8 Å². The lowest BCUT2D eigenvalue weighted by Crippen LogP contribution is -2.24. The summed E-state index contributed by atoms with van der Waals surface area (Å²) < 4.78 is 11.0. The van der Waals surface area contributed by atoms with E-state index < -0.39 is 0 Å². The predicted molar refractivity (Wildman–Crippen MR) is 87.9 cm³/mol. The van der Waals surface area contributed by atoms with Gasteiger partial charge in [0, 0.05) is 17.0 Å². The molecule has 0 spiro atoms. The molecule has 1 fully saturated rings. The SMILES string of the molecule is CCC1(CC)CSC(Nc2ccc(C3OCCO3)cc2)=N1. The van der Waals surface area contributed by atoms with Crippen LogP contribution in [0.15, 0.2) is 29.3 Å². The van der Waals surface area contributed by atoms with E-state index in [1.165, 1.54) is 0 Å². The van der Waals surface area contributed by atoms with Gasteiger partial charge in [-0.1, -0.05) is 37.7 Å². The van der Waals surface area contributed by atoms with Crippen LogP contribution >= 0.6 is 11.8 Å².